The van der Waals surface area contributed by atoms with Crippen molar-refractivity contribution in [2.45, 2.75) is 26.2 Å². The van der Waals surface area contributed by atoms with E-state index in [1.165, 1.54) is 18.6 Å². The Labute approximate surface area is 158 Å². The van der Waals surface area contributed by atoms with Crippen LogP contribution in [0.25, 0.3) is 5.69 Å². The number of benzene rings is 1. The second kappa shape index (κ2) is 7.32. The third-order valence-electron chi connectivity index (χ3n) is 5.47. The van der Waals surface area contributed by atoms with Crippen molar-refractivity contribution in [2.24, 2.45) is 5.41 Å². The van der Waals surface area contributed by atoms with Gasteiger partial charge in [-0.3, -0.25) is 4.79 Å². The van der Waals surface area contributed by atoms with Gasteiger partial charge in [-0.05, 0) is 62.4 Å². The summed E-state index contributed by atoms with van der Waals surface area (Å²) in [5, 5.41) is 7.79. The Balaban J connectivity index is 0.00000196. The van der Waals surface area contributed by atoms with Crippen LogP contribution in [0.3, 0.4) is 0 Å². The molecule has 0 atom stereocenters. The van der Waals surface area contributed by atoms with Gasteiger partial charge in [0, 0.05) is 19.6 Å². The Morgan fingerprint density at radius 1 is 1.19 bits per heavy atom. The first-order valence-electron chi connectivity index (χ1n) is 8.76. The maximum absolute atomic E-state index is 13.1. The minimum absolute atomic E-state index is 0. The number of nitrogens with zero attached hydrogens (tertiary/aromatic N) is 4. The molecule has 0 saturated carbocycles. The number of carbonyl (C=O) groups is 1. The summed E-state index contributed by atoms with van der Waals surface area (Å²) in [6.45, 7) is 5.44. The lowest BCUT2D eigenvalue weighted by atomic mass is 9.78. The van der Waals surface area contributed by atoms with Crippen LogP contribution in [0.5, 0.6) is 0 Å². The summed E-state index contributed by atoms with van der Waals surface area (Å²) in [6.07, 6.45) is 3.26. The summed E-state index contributed by atoms with van der Waals surface area (Å²) in [5.41, 5.74) is 1.06. The SMILES string of the molecule is Cc1nc(C(=O)N2CCC3(CCNC3)CC2)nn1-c1ccc(F)cc1.Cl. The highest BCUT2D eigenvalue weighted by Crippen LogP contribution is 2.37. The van der Waals surface area contributed by atoms with Crippen molar-refractivity contribution >= 4 is 18.3 Å². The van der Waals surface area contributed by atoms with Crippen LogP contribution in [-0.2, 0) is 0 Å². The number of rotatable bonds is 2. The van der Waals surface area contributed by atoms with E-state index < -0.39 is 0 Å². The van der Waals surface area contributed by atoms with E-state index in [0.29, 0.717) is 16.9 Å². The van der Waals surface area contributed by atoms with Gasteiger partial charge in [0.05, 0.1) is 5.69 Å². The average Bonchev–Trinajstić information content (AvgIpc) is 3.23. The third kappa shape index (κ3) is 3.46. The van der Waals surface area contributed by atoms with Crippen molar-refractivity contribution in [1.82, 2.24) is 25.0 Å². The molecule has 4 rings (SSSR count). The molecule has 3 heterocycles. The molecule has 0 bridgehead atoms. The van der Waals surface area contributed by atoms with Gasteiger partial charge < -0.3 is 10.2 Å². The second-order valence-electron chi connectivity index (χ2n) is 7.09. The third-order valence-corrected chi connectivity index (χ3v) is 5.47. The van der Waals surface area contributed by atoms with Crippen LogP contribution in [0, 0.1) is 18.2 Å². The molecule has 1 aromatic carbocycles. The second-order valence-corrected chi connectivity index (χ2v) is 7.09. The van der Waals surface area contributed by atoms with Crippen molar-refractivity contribution in [3.05, 3.63) is 41.7 Å². The molecule has 1 N–H and O–H groups in total. The first-order chi connectivity index (χ1) is 12.1. The summed E-state index contributed by atoms with van der Waals surface area (Å²) in [4.78, 5) is 18.9. The number of amides is 1. The number of likely N-dealkylation sites (tertiary alicyclic amines) is 1. The van der Waals surface area contributed by atoms with Crippen LogP contribution in [0.1, 0.15) is 35.7 Å². The Kier molecular flexibility index (Phi) is 5.29. The number of nitrogens with one attached hydrogen (secondary N) is 1. The van der Waals surface area contributed by atoms with Crippen molar-refractivity contribution in [1.29, 1.82) is 0 Å². The molecule has 1 amide bonds. The zero-order valence-corrected chi connectivity index (χ0v) is 15.6. The number of aryl methyl sites for hydroxylation is 1. The minimum Gasteiger partial charge on any atom is -0.336 e. The predicted molar refractivity (Wildman–Crippen MR) is 98.4 cm³/mol. The molecule has 0 aliphatic carbocycles. The molecular formula is C18H23ClFN5O. The van der Waals surface area contributed by atoms with Crippen LogP contribution in [0.15, 0.2) is 24.3 Å². The van der Waals surface area contributed by atoms with Crippen molar-refractivity contribution in [2.75, 3.05) is 26.2 Å². The molecule has 2 aromatic rings. The summed E-state index contributed by atoms with van der Waals surface area (Å²) >= 11 is 0. The largest absolute Gasteiger partial charge is 0.336 e. The highest BCUT2D eigenvalue weighted by molar-refractivity contribution is 5.90. The maximum atomic E-state index is 13.1. The van der Waals surface area contributed by atoms with Gasteiger partial charge in [-0.25, -0.2) is 14.1 Å². The normalized spacial score (nSPS) is 18.8. The van der Waals surface area contributed by atoms with Crippen molar-refractivity contribution in [3.63, 3.8) is 0 Å². The summed E-state index contributed by atoms with van der Waals surface area (Å²) in [7, 11) is 0. The highest BCUT2D eigenvalue weighted by atomic mass is 35.5. The molecule has 2 aliphatic heterocycles. The van der Waals surface area contributed by atoms with E-state index in [4.69, 9.17) is 0 Å². The standard InChI is InChI=1S/C18H22FN5O.ClH/c1-13-21-16(22-24(13)15-4-2-14(19)3-5-15)17(25)23-10-7-18(8-11-23)6-9-20-12-18;/h2-5,20H,6-12H2,1H3;1H. The Morgan fingerprint density at radius 3 is 2.50 bits per heavy atom. The molecule has 26 heavy (non-hydrogen) atoms. The number of halogens is 2. The Hall–Kier alpha value is -1.99. The van der Waals surface area contributed by atoms with E-state index in [1.54, 1.807) is 23.7 Å². The first kappa shape index (κ1) is 18.8. The van der Waals surface area contributed by atoms with Gasteiger partial charge in [0.2, 0.25) is 5.82 Å². The van der Waals surface area contributed by atoms with Crippen LogP contribution < -0.4 is 5.32 Å². The number of hydrogen-bond donors (Lipinski definition) is 1. The van der Waals surface area contributed by atoms with Gasteiger partial charge in [0.15, 0.2) is 0 Å². The molecule has 2 aliphatic rings. The monoisotopic (exact) mass is 379 g/mol. The van der Waals surface area contributed by atoms with Crippen LogP contribution in [-0.4, -0.2) is 51.8 Å². The van der Waals surface area contributed by atoms with Gasteiger partial charge in [-0.1, -0.05) is 0 Å². The minimum atomic E-state index is -0.304. The number of aromatic nitrogens is 3. The quantitative estimate of drug-likeness (QED) is 0.870. The molecule has 1 aromatic heterocycles. The van der Waals surface area contributed by atoms with Gasteiger partial charge in [0.25, 0.3) is 5.91 Å². The number of piperidine rings is 1. The highest BCUT2D eigenvalue weighted by Gasteiger charge is 2.38. The molecular weight excluding hydrogens is 357 g/mol. The van der Waals surface area contributed by atoms with Crippen LogP contribution >= 0.6 is 12.4 Å². The van der Waals surface area contributed by atoms with Crippen molar-refractivity contribution < 1.29 is 9.18 Å². The summed E-state index contributed by atoms with van der Waals surface area (Å²) in [5.74, 6) is 0.400. The summed E-state index contributed by atoms with van der Waals surface area (Å²) < 4.78 is 14.7. The fourth-order valence-corrected chi connectivity index (χ4v) is 3.86. The topological polar surface area (TPSA) is 63.1 Å². The lowest BCUT2D eigenvalue weighted by molar-refractivity contribution is 0.0596. The maximum Gasteiger partial charge on any atom is 0.293 e. The van der Waals surface area contributed by atoms with E-state index in [1.807, 2.05) is 4.90 Å². The molecule has 6 nitrogen and oxygen atoms in total. The van der Waals surface area contributed by atoms with Crippen LogP contribution in [0.4, 0.5) is 4.39 Å². The molecule has 0 unspecified atom stereocenters. The van der Waals surface area contributed by atoms with Gasteiger partial charge >= 0.3 is 0 Å². The van der Waals surface area contributed by atoms with Gasteiger partial charge in [-0.15, -0.1) is 17.5 Å². The van der Waals surface area contributed by atoms with E-state index in [-0.39, 0.29) is 30.0 Å². The molecule has 2 fully saturated rings. The summed E-state index contributed by atoms with van der Waals surface area (Å²) in [6, 6.07) is 6.00. The predicted octanol–water partition coefficient (Wildman–Crippen LogP) is 2.35. The molecule has 1 spiro atoms. The lowest BCUT2D eigenvalue weighted by Gasteiger charge is -2.38. The molecule has 140 valence electrons. The van der Waals surface area contributed by atoms with E-state index in [2.05, 4.69) is 15.4 Å². The molecule has 2 saturated heterocycles. The fourth-order valence-electron chi connectivity index (χ4n) is 3.86. The number of hydrogen-bond acceptors (Lipinski definition) is 4. The first-order valence-corrected chi connectivity index (χ1v) is 8.76. The lowest BCUT2D eigenvalue weighted by Crippen LogP contribution is -2.44. The van der Waals surface area contributed by atoms with Crippen LogP contribution in [0.2, 0.25) is 0 Å². The van der Waals surface area contributed by atoms with E-state index >= 15 is 0 Å². The molecule has 0 radical (unpaired) electrons. The molecule has 8 heteroatoms. The number of carbonyl (C=O) groups excluding carboxylic acids is 1. The van der Waals surface area contributed by atoms with Crippen molar-refractivity contribution in [3.8, 4) is 5.69 Å². The Bertz CT molecular complexity index is 775. The zero-order valence-electron chi connectivity index (χ0n) is 14.7. The van der Waals surface area contributed by atoms with Gasteiger partial charge in [0.1, 0.15) is 11.6 Å². The fraction of sp³-hybridized carbons (Fsp3) is 0.500. The Morgan fingerprint density at radius 2 is 1.88 bits per heavy atom. The van der Waals surface area contributed by atoms with E-state index in [0.717, 1.165) is 39.0 Å². The van der Waals surface area contributed by atoms with E-state index in [9.17, 15) is 9.18 Å². The smallest absolute Gasteiger partial charge is 0.293 e. The zero-order chi connectivity index (χ0) is 17.4. The van der Waals surface area contributed by atoms with Gasteiger partial charge in [-0.2, -0.15) is 0 Å². The average molecular weight is 380 g/mol.